The number of aliphatic hydroxyl groups excluding tert-OH is 1. The van der Waals surface area contributed by atoms with Gasteiger partial charge in [0, 0.05) is 42.0 Å². The number of fused-ring (bicyclic) bond motifs is 1. The van der Waals surface area contributed by atoms with E-state index in [1.165, 1.54) is 5.56 Å². The van der Waals surface area contributed by atoms with Crippen molar-refractivity contribution < 1.29 is 18.6 Å². The number of anilines is 1. The maximum Gasteiger partial charge on any atom is 0.345 e. The molecule has 1 saturated carbocycles. The molecule has 4 rings (SSSR count). The van der Waals surface area contributed by atoms with Crippen LogP contribution in [-0.2, 0) is 11.3 Å². The summed E-state index contributed by atoms with van der Waals surface area (Å²) in [7, 11) is 4.10. The van der Waals surface area contributed by atoms with Gasteiger partial charge in [0.25, 0.3) is 0 Å². The first-order valence-corrected chi connectivity index (χ1v) is 11.8. The average molecular weight is 474 g/mol. The van der Waals surface area contributed by atoms with Crippen molar-refractivity contribution in [1.82, 2.24) is 19.4 Å². The maximum atomic E-state index is 12.4. The molecule has 2 N–H and O–H groups in total. The summed E-state index contributed by atoms with van der Waals surface area (Å²) in [5, 5.41) is 14.0. The molecule has 1 aliphatic carbocycles. The maximum absolute atomic E-state index is 12.4. The lowest BCUT2D eigenvalue weighted by molar-refractivity contribution is -0.130. The number of halogens is 2. The lowest BCUT2D eigenvalue weighted by Crippen LogP contribution is -2.24. The Morgan fingerprint density at radius 2 is 1.88 bits per heavy atom. The summed E-state index contributed by atoms with van der Waals surface area (Å²) in [6.45, 7) is -0.334. The van der Waals surface area contributed by atoms with E-state index in [9.17, 15) is 13.9 Å². The first kappa shape index (κ1) is 24.5. The van der Waals surface area contributed by atoms with Gasteiger partial charge in [0.05, 0.1) is 12.7 Å². The van der Waals surface area contributed by atoms with Crippen LogP contribution in [0.15, 0.2) is 36.7 Å². The summed E-state index contributed by atoms with van der Waals surface area (Å²) in [4.78, 5) is 11.4. The quantitative estimate of drug-likeness (QED) is 0.470. The van der Waals surface area contributed by atoms with Crippen molar-refractivity contribution in [3.63, 3.8) is 0 Å². The summed E-state index contributed by atoms with van der Waals surface area (Å²) in [5.74, 6) is 0.376. The molecule has 2 heterocycles. The number of hydrogen-bond acceptors (Lipinski definition) is 6. The highest BCUT2D eigenvalue weighted by Crippen LogP contribution is 2.36. The Labute approximate surface area is 198 Å². The first-order valence-electron chi connectivity index (χ1n) is 11.8. The predicted octanol–water partition coefficient (Wildman–Crippen LogP) is 4.68. The SMILES string of the molecule is C[C@@H](COC(F)F)Nc1ncc2c(-c3ccc(CN(C)C)cc3)cn(C3CCC(O)CC3)c2n1. The minimum atomic E-state index is -2.81. The van der Waals surface area contributed by atoms with Crippen molar-refractivity contribution in [3.05, 3.63) is 42.2 Å². The second-order valence-electron chi connectivity index (χ2n) is 9.42. The average Bonchev–Trinajstić information content (AvgIpc) is 3.17. The van der Waals surface area contributed by atoms with Crippen LogP contribution in [0.4, 0.5) is 14.7 Å². The van der Waals surface area contributed by atoms with Crippen molar-refractivity contribution in [2.45, 2.75) is 64.0 Å². The van der Waals surface area contributed by atoms with Gasteiger partial charge in [-0.15, -0.1) is 0 Å². The number of ether oxygens (including phenoxy) is 1. The zero-order valence-corrected chi connectivity index (χ0v) is 19.9. The van der Waals surface area contributed by atoms with Gasteiger partial charge in [0.15, 0.2) is 0 Å². The van der Waals surface area contributed by atoms with E-state index in [1.807, 2.05) is 14.1 Å². The van der Waals surface area contributed by atoms with Gasteiger partial charge in [-0.1, -0.05) is 24.3 Å². The summed E-state index contributed by atoms with van der Waals surface area (Å²) < 4.78 is 31.3. The number of aromatic nitrogens is 3. The fourth-order valence-corrected chi connectivity index (χ4v) is 4.58. The monoisotopic (exact) mass is 473 g/mol. The van der Waals surface area contributed by atoms with Crippen molar-refractivity contribution in [2.75, 3.05) is 26.0 Å². The topological polar surface area (TPSA) is 75.4 Å². The molecule has 1 aliphatic rings. The fourth-order valence-electron chi connectivity index (χ4n) is 4.58. The third kappa shape index (κ3) is 5.89. The molecule has 0 bridgehead atoms. The zero-order chi connectivity index (χ0) is 24.2. The molecule has 1 fully saturated rings. The number of benzene rings is 1. The molecule has 0 radical (unpaired) electrons. The predicted molar refractivity (Wildman–Crippen MR) is 129 cm³/mol. The van der Waals surface area contributed by atoms with E-state index in [4.69, 9.17) is 4.98 Å². The zero-order valence-electron chi connectivity index (χ0n) is 19.9. The van der Waals surface area contributed by atoms with Gasteiger partial charge < -0.3 is 24.6 Å². The molecule has 0 saturated heterocycles. The third-order valence-corrected chi connectivity index (χ3v) is 6.24. The second-order valence-corrected chi connectivity index (χ2v) is 9.42. The van der Waals surface area contributed by atoms with Gasteiger partial charge >= 0.3 is 6.61 Å². The van der Waals surface area contributed by atoms with E-state index in [0.717, 1.165) is 54.4 Å². The highest BCUT2D eigenvalue weighted by molar-refractivity contribution is 5.94. The number of nitrogens with zero attached hydrogens (tertiary/aromatic N) is 4. The van der Waals surface area contributed by atoms with E-state index in [1.54, 1.807) is 13.1 Å². The van der Waals surface area contributed by atoms with Crippen LogP contribution in [0.5, 0.6) is 0 Å². The molecule has 0 aliphatic heterocycles. The minimum Gasteiger partial charge on any atom is -0.393 e. The number of nitrogens with one attached hydrogen (secondary N) is 1. The Balaban J connectivity index is 1.67. The Bertz CT molecular complexity index is 1080. The van der Waals surface area contributed by atoms with Crippen LogP contribution in [0.3, 0.4) is 0 Å². The standard InChI is InChI=1S/C25H33F2N5O2/c1-16(15-34-24(26)27)29-25-28-12-21-22(18-6-4-17(5-7-18)13-31(2)3)14-32(23(21)30-25)19-8-10-20(33)11-9-19/h4-7,12,14,16,19-20,24,33H,8-11,13,15H2,1-3H3,(H,28,29,30)/t16-,19?,20?/m0/s1. The molecule has 184 valence electrons. The Kier molecular flexibility index (Phi) is 7.75. The molecule has 7 nitrogen and oxygen atoms in total. The molecule has 0 unspecified atom stereocenters. The number of hydrogen-bond donors (Lipinski definition) is 2. The molecule has 1 aromatic carbocycles. The Morgan fingerprint density at radius 1 is 1.18 bits per heavy atom. The van der Waals surface area contributed by atoms with E-state index < -0.39 is 6.61 Å². The van der Waals surface area contributed by atoms with Gasteiger partial charge in [-0.3, -0.25) is 0 Å². The molecular formula is C25H33F2N5O2. The van der Waals surface area contributed by atoms with Crippen LogP contribution in [0.2, 0.25) is 0 Å². The molecule has 2 aromatic heterocycles. The van der Waals surface area contributed by atoms with Crippen molar-refractivity contribution in [2.24, 2.45) is 0 Å². The Hall–Kier alpha value is -2.62. The van der Waals surface area contributed by atoms with Gasteiger partial charge in [-0.05, 0) is 57.8 Å². The van der Waals surface area contributed by atoms with Crippen molar-refractivity contribution >= 4 is 17.0 Å². The lowest BCUT2D eigenvalue weighted by atomic mass is 9.93. The van der Waals surface area contributed by atoms with Crippen molar-refractivity contribution in [1.29, 1.82) is 0 Å². The first-order chi connectivity index (χ1) is 16.3. The number of alkyl halides is 2. The molecule has 0 spiro atoms. The smallest absolute Gasteiger partial charge is 0.345 e. The van der Waals surface area contributed by atoms with E-state index >= 15 is 0 Å². The summed E-state index contributed by atoms with van der Waals surface area (Å²) >= 11 is 0. The van der Waals surface area contributed by atoms with Crippen LogP contribution in [0.1, 0.15) is 44.2 Å². The second kappa shape index (κ2) is 10.8. The summed E-state index contributed by atoms with van der Waals surface area (Å²) in [6.07, 6.45) is 6.95. The van der Waals surface area contributed by atoms with Crippen LogP contribution >= 0.6 is 0 Å². The molecule has 34 heavy (non-hydrogen) atoms. The van der Waals surface area contributed by atoms with Gasteiger partial charge in [0.1, 0.15) is 5.65 Å². The lowest BCUT2D eigenvalue weighted by Gasteiger charge is -2.27. The highest BCUT2D eigenvalue weighted by Gasteiger charge is 2.24. The van der Waals surface area contributed by atoms with Crippen LogP contribution < -0.4 is 5.32 Å². The summed E-state index contributed by atoms with van der Waals surface area (Å²) in [5.41, 5.74) is 4.18. The van der Waals surface area contributed by atoms with Crippen LogP contribution in [0, 0.1) is 0 Å². The fraction of sp³-hybridized carbons (Fsp3) is 0.520. The molecule has 9 heteroatoms. The van der Waals surface area contributed by atoms with E-state index in [2.05, 4.69) is 55.0 Å². The highest BCUT2D eigenvalue weighted by atomic mass is 19.3. The van der Waals surface area contributed by atoms with Gasteiger partial charge in [-0.2, -0.15) is 13.8 Å². The van der Waals surface area contributed by atoms with E-state index in [-0.39, 0.29) is 24.8 Å². The normalized spacial score (nSPS) is 19.8. The van der Waals surface area contributed by atoms with Gasteiger partial charge in [-0.25, -0.2) is 4.98 Å². The van der Waals surface area contributed by atoms with Crippen molar-refractivity contribution in [3.8, 4) is 11.1 Å². The third-order valence-electron chi connectivity index (χ3n) is 6.24. The number of rotatable bonds is 9. The molecule has 1 atom stereocenters. The molecule has 3 aromatic rings. The number of aliphatic hydroxyl groups is 1. The van der Waals surface area contributed by atoms with Crippen LogP contribution in [0.25, 0.3) is 22.2 Å². The van der Waals surface area contributed by atoms with Gasteiger partial charge in [0.2, 0.25) is 5.95 Å². The van der Waals surface area contributed by atoms with E-state index in [0.29, 0.717) is 5.95 Å². The largest absolute Gasteiger partial charge is 0.393 e. The Morgan fingerprint density at radius 3 is 2.53 bits per heavy atom. The van der Waals surface area contributed by atoms with Crippen LogP contribution in [-0.4, -0.2) is 64.0 Å². The minimum absolute atomic E-state index is 0.148. The molecule has 0 amide bonds. The molecular weight excluding hydrogens is 440 g/mol. The summed E-state index contributed by atoms with van der Waals surface area (Å²) in [6, 6.07) is 8.38.